The van der Waals surface area contributed by atoms with E-state index in [0.29, 0.717) is 10.7 Å². The molecule has 1 aliphatic heterocycles. The summed E-state index contributed by atoms with van der Waals surface area (Å²) < 4.78 is 6.09. The minimum Gasteiger partial charge on any atom is -0.466 e. The fourth-order valence-corrected chi connectivity index (χ4v) is 2.94. The van der Waals surface area contributed by atoms with E-state index in [1.807, 2.05) is 6.26 Å². The van der Waals surface area contributed by atoms with Gasteiger partial charge in [0.1, 0.15) is 10.1 Å². The molecule has 0 saturated heterocycles. The van der Waals surface area contributed by atoms with Crippen molar-refractivity contribution in [1.29, 1.82) is 0 Å². The van der Waals surface area contributed by atoms with Gasteiger partial charge >= 0.3 is 5.97 Å². The number of rotatable bonds is 3. The van der Waals surface area contributed by atoms with Crippen LogP contribution in [0.2, 0.25) is 0 Å². The third-order valence-electron chi connectivity index (χ3n) is 2.24. The fraction of sp³-hybridized carbons (Fsp3) is 0.300. The molecule has 2 heterocycles. The number of aryl methyl sites for hydroxylation is 1. The smallest absolute Gasteiger partial charge is 0.331 e. The second kappa shape index (κ2) is 5.57. The molecule has 9 heteroatoms. The highest BCUT2D eigenvalue weighted by Crippen LogP contribution is 2.32. The first kappa shape index (κ1) is 13.8. The number of esters is 1. The molecule has 7 nitrogen and oxygen atoms in total. The maximum Gasteiger partial charge on any atom is 0.331 e. The maximum atomic E-state index is 11.7. The van der Waals surface area contributed by atoms with Crippen molar-refractivity contribution in [2.75, 3.05) is 13.4 Å². The molecule has 0 aliphatic carbocycles. The van der Waals surface area contributed by atoms with Gasteiger partial charge in [-0.25, -0.2) is 9.48 Å². The average molecular weight is 298 g/mol. The zero-order chi connectivity index (χ0) is 14.0. The molecule has 0 spiro atoms. The summed E-state index contributed by atoms with van der Waals surface area (Å²) in [6.07, 6.45) is 3.01. The molecule has 100 valence electrons. The summed E-state index contributed by atoms with van der Waals surface area (Å²) in [7, 11) is 3.01. The first-order chi connectivity index (χ1) is 9.06. The Balaban J connectivity index is 2.30. The van der Waals surface area contributed by atoms with E-state index in [9.17, 15) is 9.59 Å². The van der Waals surface area contributed by atoms with Crippen molar-refractivity contribution in [3.63, 3.8) is 0 Å². The predicted molar refractivity (Wildman–Crippen MR) is 72.0 cm³/mol. The van der Waals surface area contributed by atoms with Gasteiger partial charge < -0.3 is 4.74 Å². The Morgan fingerprint density at radius 3 is 2.89 bits per heavy atom. The Kier molecular flexibility index (Phi) is 4.05. The van der Waals surface area contributed by atoms with E-state index in [1.165, 1.54) is 18.9 Å². The zero-order valence-corrected chi connectivity index (χ0v) is 12.0. The maximum absolute atomic E-state index is 11.7. The number of carbonyl (C=O) groups is 2. The molecule has 0 radical (unpaired) electrons. The van der Waals surface area contributed by atoms with Crippen LogP contribution in [0.25, 0.3) is 0 Å². The highest BCUT2D eigenvalue weighted by molar-refractivity contribution is 8.19. The Morgan fingerprint density at radius 2 is 2.26 bits per heavy atom. The summed E-state index contributed by atoms with van der Waals surface area (Å²) in [5.41, 5.74) is 0.543. The van der Waals surface area contributed by atoms with Gasteiger partial charge in [-0.1, -0.05) is 17.0 Å². The third kappa shape index (κ3) is 2.71. The molecule has 0 fully saturated rings. The largest absolute Gasteiger partial charge is 0.466 e. The van der Waals surface area contributed by atoms with E-state index < -0.39 is 11.9 Å². The number of hydrogen-bond donors (Lipinski definition) is 0. The minimum absolute atomic E-state index is 0.222. The Bertz CT molecular complexity index is 606. The van der Waals surface area contributed by atoms with Gasteiger partial charge in [0.05, 0.1) is 12.0 Å². The van der Waals surface area contributed by atoms with Gasteiger partial charge in [0.2, 0.25) is 0 Å². The first-order valence-corrected chi connectivity index (χ1v) is 7.15. The quantitative estimate of drug-likeness (QED) is 0.459. The van der Waals surface area contributed by atoms with E-state index in [0.717, 1.165) is 22.9 Å². The van der Waals surface area contributed by atoms with E-state index in [-0.39, 0.29) is 4.91 Å². The standard InChI is InChI=1S/C10H10N4O3S2/c1-14-10(18-3)7(12-13-14)9-11-8(16)5(19-9)4-6(15)17-2/h4H,1-3H3/b5-4+. The number of aromatic nitrogens is 3. The van der Waals surface area contributed by atoms with Crippen LogP contribution in [0.15, 0.2) is 21.0 Å². The molecule has 1 aromatic heterocycles. The third-order valence-corrected chi connectivity index (χ3v) is 4.08. The zero-order valence-electron chi connectivity index (χ0n) is 10.4. The van der Waals surface area contributed by atoms with Crippen molar-refractivity contribution in [3.05, 3.63) is 16.7 Å². The van der Waals surface area contributed by atoms with Crippen LogP contribution in [-0.4, -0.2) is 45.3 Å². The lowest BCUT2D eigenvalue weighted by Gasteiger charge is -1.98. The lowest BCUT2D eigenvalue weighted by Crippen LogP contribution is -1.98. The molecule has 2 rings (SSSR count). The average Bonchev–Trinajstić information content (AvgIpc) is 2.93. The molecule has 1 aliphatic rings. The molecule has 0 saturated carbocycles. The molecule has 1 aromatic rings. The second-order valence-electron chi connectivity index (χ2n) is 3.43. The minimum atomic E-state index is -0.587. The van der Waals surface area contributed by atoms with Gasteiger partial charge in [-0.15, -0.1) is 16.9 Å². The van der Waals surface area contributed by atoms with Crippen LogP contribution in [0, 0.1) is 0 Å². The predicted octanol–water partition coefficient (Wildman–Crippen LogP) is 0.614. The SMILES string of the molecule is COC(=O)/C=C1/SC(c2nnn(C)c2SC)=NC1=O. The van der Waals surface area contributed by atoms with Gasteiger partial charge in [-0.2, -0.15) is 4.99 Å². The van der Waals surface area contributed by atoms with Crippen LogP contribution >= 0.6 is 23.5 Å². The van der Waals surface area contributed by atoms with E-state index >= 15 is 0 Å². The van der Waals surface area contributed by atoms with Gasteiger partial charge in [0.25, 0.3) is 5.91 Å². The lowest BCUT2D eigenvalue weighted by atomic mass is 10.4. The van der Waals surface area contributed by atoms with Gasteiger partial charge in [0.15, 0.2) is 5.69 Å². The molecule has 0 bridgehead atoms. The molecule has 1 amide bonds. The summed E-state index contributed by atoms with van der Waals surface area (Å²) in [6.45, 7) is 0. The lowest BCUT2D eigenvalue weighted by molar-refractivity contribution is -0.135. The topological polar surface area (TPSA) is 86.4 Å². The summed E-state index contributed by atoms with van der Waals surface area (Å²) in [5, 5.41) is 9.12. The number of aliphatic imine (C=N–C) groups is 1. The Hall–Kier alpha value is -1.61. The van der Waals surface area contributed by atoms with Crippen LogP contribution in [0.5, 0.6) is 0 Å². The molecule has 0 atom stereocenters. The Morgan fingerprint density at radius 1 is 1.53 bits per heavy atom. The highest BCUT2D eigenvalue weighted by Gasteiger charge is 2.28. The second-order valence-corrected chi connectivity index (χ2v) is 5.25. The monoisotopic (exact) mass is 298 g/mol. The summed E-state index contributed by atoms with van der Waals surface area (Å²) in [6, 6.07) is 0. The van der Waals surface area contributed by atoms with Crippen molar-refractivity contribution in [1.82, 2.24) is 15.0 Å². The number of thioether (sulfide) groups is 2. The van der Waals surface area contributed by atoms with E-state index in [1.54, 1.807) is 11.7 Å². The molecule has 0 aromatic carbocycles. The van der Waals surface area contributed by atoms with Crippen LogP contribution in [0.1, 0.15) is 5.69 Å². The number of carbonyl (C=O) groups excluding carboxylic acids is 2. The summed E-state index contributed by atoms with van der Waals surface area (Å²) in [4.78, 5) is 26.9. The van der Waals surface area contributed by atoms with Crippen LogP contribution in [-0.2, 0) is 21.4 Å². The number of ether oxygens (including phenoxy) is 1. The van der Waals surface area contributed by atoms with Crippen molar-refractivity contribution in [2.24, 2.45) is 12.0 Å². The number of hydrogen-bond acceptors (Lipinski definition) is 7. The summed E-state index contributed by atoms with van der Waals surface area (Å²) in [5.74, 6) is -1.06. The van der Waals surface area contributed by atoms with Crippen molar-refractivity contribution < 1.29 is 14.3 Å². The number of amides is 1. The summed E-state index contributed by atoms with van der Waals surface area (Å²) >= 11 is 2.55. The molecule has 19 heavy (non-hydrogen) atoms. The fourth-order valence-electron chi connectivity index (χ4n) is 1.39. The van der Waals surface area contributed by atoms with Gasteiger partial charge in [-0.3, -0.25) is 4.79 Å². The highest BCUT2D eigenvalue weighted by atomic mass is 32.2. The number of nitrogens with zero attached hydrogens (tertiary/aromatic N) is 4. The van der Waals surface area contributed by atoms with Gasteiger partial charge in [0, 0.05) is 13.1 Å². The number of methoxy groups -OCH3 is 1. The molecule has 0 unspecified atom stereocenters. The van der Waals surface area contributed by atoms with Crippen molar-refractivity contribution in [2.45, 2.75) is 5.03 Å². The van der Waals surface area contributed by atoms with Crippen LogP contribution in [0.3, 0.4) is 0 Å². The van der Waals surface area contributed by atoms with Crippen LogP contribution < -0.4 is 0 Å². The molecule has 0 N–H and O–H groups in total. The molecular weight excluding hydrogens is 288 g/mol. The van der Waals surface area contributed by atoms with Crippen molar-refractivity contribution in [3.8, 4) is 0 Å². The first-order valence-electron chi connectivity index (χ1n) is 5.11. The Labute approximate surface area is 117 Å². The van der Waals surface area contributed by atoms with Crippen molar-refractivity contribution >= 4 is 40.4 Å². The molecular formula is C10H10N4O3S2. The van der Waals surface area contributed by atoms with Gasteiger partial charge in [-0.05, 0) is 6.26 Å². The normalized spacial score (nSPS) is 16.9. The van der Waals surface area contributed by atoms with E-state index in [4.69, 9.17) is 0 Å². The van der Waals surface area contributed by atoms with E-state index in [2.05, 4.69) is 20.0 Å². The van der Waals surface area contributed by atoms with Crippen LogP contribution in [0.4, 0.5) is 0 Å².